The van der Waals surface area contributed by atoms with E-state index in [-0.39, 0.29) is 12.5 Å². The summed E-state index contributed by atoms with van der Waals surface area (Å²) in [7, 11) is 0. The molecule has 0 unspecified atom stereocenters. The van der Waals surface area contributed by atoms with Crippen molar-refractivity contribution in [1.29, 1.82) is 0 Å². The predicted octanol–water partition coefficient (Wildman–Crippen LogP) is 6.58. The van der Waals surface area contributed by atoms with Crippen molar-refractivity contribution >= 4 is 35.1 Å². The fourth-order valence-corrected chi connectivity index (χ4v) is 4.34. The van der Waals surface area contributed by atoms with Gasteiger partial charge in [0.25, 0.3) is 5.91 Å². The number of para-hydroxylation sites is 1. The number of carbonyl (C=O) groups is 1. The van der Waals surface area contributed by atoms with Gasteiger partial charge in [-0.15, -0.1) is 5.10 Å². The van der Waals surface area contributed by atoms with Crippen LogP contribution in [0.15, 0.2) is 123 Å². The predicted molar refractivity (Wildman–Crippen MR) is 139 cm³/mol. The van der Waals surface area contributed by atoms with E-state index in [0.717, 1.165) is 16.9 Å². The first-order valence-corrected chi connectivity index (χ1v) is 11.8. The minimum Gasteiger partial charge on any atom is -0.467 e. The second kappa shape index (κ2) is 10.7. The number of ether oxygens (including phenoxy) is 1. The summed E-state index contributed by atoms with van der Waals surface area (Å²) in [5.74, 6) is 1.99. The molecule has 1 saturated heterocycles. The molecule has 1 aliphatic rings. The average molecular weight is 480 g/mol. The largest absolute Gasteiger partial charge is 0.467 e. The van der Waals surface area contributed by atoms with Crippen LogP contribution in [-0.4, -0.2) is 22.2 Å². The lowest BCUT2D eigenvalue weighted by Crippen LogP contribution is -2.28. The lowest BCUT2D eigenvalue weighted by molar-refractivity contribution is -0.122. The maximum absolute atomic E-state index is 13.1. The van der Waals surface area contributed by atoms with Crippen LogP contribution in [0.3, 0.4) is 0 Å². The molecule has 0 bridgehead atoms. The number of amides is 1. The molecule has 0 saturated carbocycles. The minimum atomic E-state index is -0.137. The summed E-state index contributed by atoms with van der Waals surface area (Å²) in [6.45, 7) is 0.277. The number of hydrogen-bond acceptors (Lipinski definition) is 6. The Morgan fingerprint density at radius 3 is 2.37 bits per heavy atom. The number of furan rings is 1. The standard InChI is InChI=1S/C28H21N3O3S/c32-27-26(18-21-9-3-1-4-10-21)35-28(31(27)20-25-15-8-16-33-25)30-29-19-22-11-7-14-24(17-22)34-23-12-5-2-6-13-23/h1-19H,20H2/b26-18-,29-19-,30-28+. The molecule has 2 heterocycles. The zero-order valence-electron chi connectivity index (χ0n) is 18.7. The summed E-state index contributed by atoms with van der Waals surface area (Å²) in [4.78, 5) is 15.3. The van der Waals surface area contributed by atoms with Gasteiger partial charge in [0, 0.05) is 0 Å². The summed E-state index contributed by atoms with van der Waals surface area (Å²) < 4.78 is 11.3. The van der Waals surface area contributed by atoms with Crippen LogP contribution in [-0.2, 0) is 11.3 Å². The smallest absolute Gasteiger partial charge is 0.267 e. The molecule has 1 amide bonds. The van der Waals surface area contributed by atoms with Crippen molar-refractivity contribution in [3.8, 4) is 11.5 Å². The van der Waals surface area contributed by atoms with E-state index in [4.69, 9.17) is 9.15 Å². The summed E-state index contributed by atoms with van der Waals surface area (Å²) in [6.07, 6.45) is 5.09. The normalized spacial score (nSPS) is 16.0. The van der Waals surface area contributed by atoms with E-state index in [0.29, 0.717) is 21.6 Å². The van der Waals surface area contributed by atoms with Gasteiger partial charge in [-0.05, 0) is 65.4 Å². The van der Waals surface area contributed by atoms with Gasteiger partial charge in [0.05, 0.1) is 23.9 Å². The number of nitrogens with zero attached hydrogens (tertiary/aromatic N) is 3. The summed E-state index contributed by atoms with van der Waals surface area (Å²) in [5.41, 5.74) is 1.77. The molecule has 0 N–H and O–H groups in total. The highest BCUT2D eigenvalue weighted by molar-refractivity contribution is 8.18. The van der Waals surface area contributed by atoms with E-state index in [9.17, 15) is 4.79 Å². The first-order chi connectivity index (χ1) is 17.2. The quantitative estimate of drug-likeness (QED) is 0.171. The fraction of sp³-hybridized carbons (Fsp3) is 0.0357. The monoisotopic (exact) mass is 479 g/mol. The van der Waals surface area contributed by atoms with Crippen LogP contribution in [0.5, 0.6) is 11.5 Å². The summed E-state index contributed by atoms with van der Waals surface area (Å²) in [5, 5.41) is 9.12. The second-order valence-electron chi connectivity index (χ2n) is 7.61. The Labute approximate surface area is 207 Å². The highest BCUT2D eigenvalue weighted by atomic mass is 32.2. The van der Waals surface area contributed by atoms with Gasteiger partial charge >= 0.3 is 0 Å². The Balaban J connectivity index is 1.37. The minimum absolute atomic E-state index is 0.137. The lowest BCUT2D eigenvalue weighted by atomic mass is 10.2. The van der Waals surface area contributed by atoms with Gasteiger partial charge in [-0.3, -0.25) is 9.69 Å². The van der Waals surface area contributed by atoms with Crippen molar-refractivity contribution in [3.63, 3.8) is 0 Å². The van der Waals surface area contributed by atoms with Gasteiger partial charge in [0.2, 0.25) is 0 Å². The Kier molecular flexibility index (Phi) is 6.87. The maximum Gasteiger partial charge on any atom is 0.267 e. The number of benzene rings is 3. The molecule has 1 fully saturated rings. The number of hydrogen-bond donors (Lipinski definition) is 0. The molecular weight excluding hydrogens is 458 g/mol. The van der Waals surface area contributed by atoms with Crippen LogP contribution < -0.4 is 4.74 Å². The van der Waals surface area contributed by atoms with Gasteiger partial charge in [-0.2, -0.15) is 5.10 Å². The molecule has 5 rings (SSSR count). The van der Waals surface area contributed by atoms with Crippen LogP contribution in [0.1, 0.15) is 16.9 Å². The second-order valence-corrected chi connectivity index (χ2v) is 8.62. The Morgan fingerprint density at radius 1 is 0.857 bits per heavy atom. The number of amidine groups is 1. The van der Waals surface area contributed by atoms with Crippen molar-refractivity contribution in [3.05, 3.63) is 125 Å². The van der Waals surface area contributed by atoms with Gasteiger partial charge < -0.3 is 9.15 Å². The van der Waals surface area contributed by atoms with Gasteiger partial charge in [0.15, 0.2) is 5.17 Å². The third kappa shape index (κ3) is 5.77. The van der Waals surface area contributed by atoms with E-state index in [2.05, 4.69) is 10.2 Å². The molecule has 0 aliphatic carbocycles. The molecule has 4 aromatic rings. The highest BCUT2D eigenvalue weighted by Crippen LogP contribution is 2.33. The summed E-state index contributed by atoms with van der Waals surface area (Å²) >= 11 is 1.29. The molecule has 0 spiro atoms. The van der Waals surface area contributed by atoms with Gasteiger partial charge in [0.1, 0.15) is 17.3 Å². The number of carbonyl (C=O) groups excluding carboxylic acids is 1. The molecule has 1 aromatic heterocycles. The third-order valence-corrected chi connectivity index (χ3v) is 6.06. The van der Waals surface area contributed by atoms with Crippen LogP contribution in [0.2, 0.25) is 0 Å². The van der Waals surface area contributed by atoms with Gasteiger partial charge in [-0.25, -0.2) is 0 Å². The molecule has 172 valence electrons. The van der Waals surface area contributed by atoms with E-state index in [1.807, 2.05) is 97.1 Å². The molecule has 3 aromatic carbocycles. The van der Waals surface area contributed by atoms with E-state index in [1.165, 1.54) is 11.8 Å². The first-order valence-electron chi connectivity index (χ1n) is 11.0. The maximum atomic E-state index is 13.1. The molecule has 6 nitrogen and oxygen atoms in total. The van der Waals surface area contributed by atoms with Crippen molar-refractivity contribution in [1.82, 2.24) is 4.90 Å². The summed E-state index contributed by atoms with van der Waals surface area (Å²) in [6, 6.07) is 30.5. The molecule has 35 heavy (non-hydrogen) atoms. The fourth-order valence-electron chi connectivity index (χ4n) is 3.41. The molecule has 7 heteroatoms. The number of rotatable bonds is 7. The van der Waals surface area contributed by atoms with Crippen LogP contribution in [0, 0.1) is 0 Å². The highest BCUT2D eigenvalue weighted by Gasteiger charge is 2.34. The van der Waals surface area contributed by atoms with E-state index < -0.39 is 0 Å². The molecule has 0 atom stereocenters. The van der Waals surface area contributed by atoms with Crippen LogP contribution >= 0.6 is 11.8 Å². The lowest BCUT2D eigenvalue weighted by Gasteiger charge is -2.12. The third-order valence-electron chi connectivity index (χ3n) is 5.07. The zero-order chi connectivity index (χ0) is 23.9. The van der Waals surface area contributed by atoms with Crippen molar-refractivity contribution in [2.24, 2.45) is 10.2 Å². The molecule has 0 radical (unpaired) electrons. The van der Waals surface area contributed by atoms with E-state index >= 15 is 0 Å². The molecular formula is C28H21N3O3S. The molecule has 1 aliphatic heterocycles. The van der Waals surface area contributed by atoms with Crippen LogP contribution in [0.25, 0.3) is 6.08 Å². The van der Waals surface area contributed by atoms with Crippen molar-refractivity contribution < 1.29 is 13.9 Å². The Morgan fingerprint density at radius 2 is 1.60 bits per heavy atom. The van der Waals surface area contributed by atoms with Crippen LogP contribution in [0.4, 0.5) is 0 Å². The Hall–Kier alpha value is -4.36. The Bertz CT molecular complexity index is 1380. The average Bonchev–Trinajstić information content (AvgIpc) is 3.50. The van der Waals surface area contributed by atoms with Crippen molar-refractivity contribution in [2.75, 3.05) is 0 Å². The van der Waals surface area contributed by atoms with E-state index in [1.54, 1.807) is 23.4 Å². The van der Waals surface area contributed by atoms with Gasteiger partial charge in [-0.1, -0.05) is 60.7 Å². The zero-order valence-corrected chi connectivity index (χ0v) is 19.5. The first kappa shape index (κ1) is 22.4. The number of thioether (sulfide) groups is 1. The topological polar surface area (TPSA) is 67.4 Å². The van der Waals surface area contributed by atoms with Crippen molar-refractivity contribution in [2.45, 2.75) is 6.54 Å². The SMILES string of the molecule is O=C1/C(=C/c2ccccc2)S/C(=N/N=C\c2cccc(Oc3ccccc3)c2)N1Cc1ccco1.